The highest BCUT2D eigenvalue weighted by atomic mass is 32.1. The fourth-order valence-corrected chi connectivity index (χ4v) is 2.48. The quantitative estimate of drug-likeness (QED) is 0.819. The van der Waals surface area contributed by atoms with Crippen LogP contribution in [0.4, 0.5) is 0 Å². The molecular formula is C13H12NO4S-. The second-order valence-electron chi connectivity index (χ2n) is 3.76. The molecule has 0 unspecified atom stereocenters. The van der Waals surface area contributed by atoms with Crippen LogP contribution in [0.15, 0.2) is 23.6 Å². The molecule has 6 heteroatoms. The average Bonchev–Trinajstić information content (AvgIpc) is 2.85. The van der Waals surface area contributed by atoms with Crippen molar-refractivity contribution < 1.29 is 19.4 Å². The standard InChI is InChI=1S/C13H13NO4S/c1-17-9-3-4-11(18-2)10(6-9)13-14-8(7-19-13)5-12(15)16/h3-4,6-7H,5H2,1-2H3,(H,15,16)/p-1. The van der Waals surface area contributed by atoms with Gasteiger partial charge in [0.1, 0.15) is 16.5 Å². The Morgan fingerprint density at radius 3 is 2.79 bits per heavy atom. The monoisotopic (exact) mass is 278 g/mol. The van der Waals surface area contributed by atoms with Crippen LogP contribution in [0.3, 0.4) is 0 Å². The predicted molar refractivity (Wildman–Crippen MR) is 69.4 cm³/mol. The smallest absolute Gasteiger partial charge is 0.129 e. The maximum Gasteiger partial charge on any atom is 0.129 e. The Morgan fingerprint density at radius 1 is 1.37 bits per heavy atom. The summed E-state index contributed by atoms with van der Waals surface area (Å²) >= 11 is 1.36. The number of benzene rings is 1. The van der Waals surface area contributed by atoms with E-state index in [1.807, 2.05) is 0 Å². The number of ether oxygens (including phenoxy) is 2. The third kappa shape index (κ3) is 3.03. The van der Waals surface area contributed by atoms with E-state index in [0.29, 0.717) is 22.2 Å². The molecule has 2 rings (SSSR count). The first kappa shape index (κ1) is 13.4. The highest BCUT2D eigenvalue weighted by Gasteiger charge is 2.11. The molecule has 0 bridgehead atoms. The molecule has 0 aliphatic carbocycles. The summed E-state index contributed by atoms with van der Waals surface area (Å²) in [4.78, 5) is 14.8. The van der Waals surface area contributed by atoms with E-state index in [4.69, 9.17) is 9.47 Å². The van der Waals surface area contributed by atoms with Crippen molar-refractivity contribution >= 4 is 17.3 Å². The van der Waals surface area contributed by atoms with Gasteiger partial charge in [-0.15, -0.1) is 11.3 Å². The molecule has 19 heavy (non-hydrogen) atoms. The van der Waals surface area contributed by atoms with Crippen molar-refractivity contribution in [3.8, 4) is 22.1 Å². The van der Waals surface area contributed by atoms with Crippen LogP contribution in [0.25, 0.3) is 10.6 Å². The lowest BCUT2D eigenvalue weighted by Gasteiger charge is -2.08. The Morgan fingerprint density at radius 2 is 2.16 bits per heavy atom. The summed E-state index contributed by atoms with van der Waals surface area (Å²) in [6, 6.07) is 5.38. The number of methoxy groups -OCH3 is 2. The van der Waals surface area contributed by atoms with Crippen molar-refractivity contribution in [2.75, 3.05) is 14.2 Å². The molecule has 0 amide bonds. The molecule has 1 heterocycles. The Balaban J connectivity index is 2.39. The largest absolute Gasteiger partial charge is 0.550 e. The minimum absolute atomic E-state index is 0.192. The van der Waals surface area contributed by atoms with Crippen LogP contribution in [0.2, 0.25) is 0 Å². The highest BCUT2D eigenvalue weighted by molar-refractivity contribution is 7.13. The molecule has 5 nitrogen and oxygen atoms in total. The number of aromatic nitrogens is 1. The zero-order valence-electron chi connectivity index (χ0n) is 10.5. The third-order valence-electron chi connectivity index (χ3n) is 2.51. The molecule has 1 aromatic heterocycles. The molecule has 0 atom stereocenters. The first-order valence-electron chi connectivity index (χ1n) is 5.50. The topological polar surface area (TPSA) is 71.5 Å². The molecule has 0 saturated heterocycles. The summed E-state index contributed by atoms with van der Waals surface area (Å²) in [7, 11) is 3.15. The van der Waals surface area contributed by atoms with E-state index in [1.54, 1.807) is 37.8 Å². The van der Waals surface area contributed by atoms with Gasteiger partial charge >= 0.3 is 0 Å². The molecule has 0 spiro atoms. The van der Waals surface area contributed by atoms with E-state index in [9.17, 15) is 9.90 Å². The van der Waals surface area contributed by atoms with E-state index < -0.39 is 5.97 Å². The molecule has 100 valence electrons. The normalized spacial score (nSPS) is 10.2. The maximum atomic E-state index is 10.5. The number of hydrogen-bond donors (Lipinski definition) is 0. The van der Waals surface area contributed by atoms with Gasteiger partial charge in [-0.3, -0.25) is 0 Å². The number of carbonyl (C=O) groups excluding carboxylic acids is 1. The fourth-order valence-electron chi connectivity index (χ4n) is 1.64. The molecular weight excluding hydrogens is 266 g/mol. The highest BCUT2D eigenvalue weighted by Crippen LogP contribution is 2.35. The van der Waals surface area contributed by atoms with Crippen LogP contribution in [0, 0.1) is 0 Å². The van der Waals surface area contributed by atoms with Crippen molar-refractivity contribution in [2.45, 2.75) is 6.42 Å². The van der Waals surface area contributed by atoms with Gasteiger partial charge < -0.3 is 19.4 Å². The van der Waals surface area contributed by atoms with Gasteiger partial charge in [-0.2, -0.15) is 0 Å². The molecule has 0 N–H and O–H groups in total. The van der Waals surface area contributed by atoms with Gasteiger partial charge in [0.05, 0.1) is 25.5 Å². The third-order valence-corrected chi connectivity index (χ3v) is 3.44. The van der Waals surface area contributed by atoms with Crippen molar-refractivity contribution in [1.29, 1.82) is 0 Å². The number of hydrogen-bond acceptors (Lipinski definition) is 6. The number of carbonyl (C=O) groups is 1. The molecule has 0 fully saturated rings. The summed E-state index contributed by atoms with van der Waals surface area (Å²) in [5, 5.41) is 12.9. The summed E-state index contributed by atoms with van der Waals surface area (Å²) < 4.78 is 10.4. The van der Waals surface area contributed by atoms with E-state index in [0.717, 1.165) is 5.56 Å². The number of thiazole rings is 1. The van der Waals surface area contributed by atoms with E-state index in [1.165, 1.54) is 11.3 Å². The van der Waals surface area contributed by atoms with Crippen LogP contribution < -0.4 is 14.6 Å². The lowest BCUT2D eigenvalue weighted by Crippen LogP contribution is -2.24. The van der Waals surface area contributed by atoms with Crippen molar-refractivity contribution in [2.24, 2.45) is 0 Å². The van der Waals surface area contributed by atoms with Crippen molar-refractivity contribution in [1.82, 2.24) is 4.98 Å². The second-order valence-corrected chi connectivity index (χ2v) is 4.62. The second kappa shape index (κ2) is 5.71. The Hall–Kier alpha value is -2.08. The van der Waals surface area contributed by atoms with Gasteiger partial charge in [0.2, 0.25) is 0 Å². The van der Waals surface area contributed by atoms with Gasteiger partial charge in [0, 0.05) is 17.8 Å². The summed E-state index contributed by atoms with van der Waals surface area (Å²) in [6.07, 6.45) is -0.192. The van der Waals surface area contributed by atoms with Gasteiger partial charge in [-0.25, -0.2) is 4.98 Å². The molecule has 1 aromatic carbocycles. The van der Waals surface area contributed by atoms with Crippen LogP contribution in [-0.2, 0) is 11.2 Å². The van der Waals surface area contributed by atoms with Gasteiger partial charge in [-0.05, 0) is 18.2 Å². The van der Waals surface area contributed by atoms with Gasteiger partial charge in [-0.1, -0.05) is 0 Å². The van der Waals surface area contributed by atoms with Crippen LogP contribution in [0.5, 0.6) is 11.5 Å². The molecule has 2 aromatic rings. The van der Waals surface area contributed by atoms with Crippen LogP contribution in [-0.4, -0.2) is 25.2 Å². The Labute approximate surface area is 114 Å². The molecule has 0 aliphatic heterocycles. The van der Waals surface area contributed by atoms with Crippen molar-refractivity contribution in [3.63, 3.8) is 0 Å². The molecule has 0 saturated carbocycles. The minimum Gasteiger partial charge on any atom is -0.550 e. The summed E-state index contributed by atoms with van der Waals surface area (Å²) in [6.45, 7) is 0. The van der Waals surface area contributed by atoms with Crippen LogP contribution in [0.1, 0.15) is 5.69 Å². The zero-order valence-corrected chi connectivity index (χ0v) is 11.3. The lowest BCUT2D eigenvalue weighted by atomic mass is 10.2. The van der Waals surface area contributed by atoms with Gasteiger partial charge in [0.15, 0.2) is 0 Å². The molecule has 0 radical (unpaired) electrons. The summed E-state index contributed by atoms with van der Waals surface area (Å²) in [5.74, 6) is 0.206. The number of carboxylic acids is 1. The predicted octanol–water partition coefficient (Wildman–Crippen LogP) is 1.12. The van der Waals surface area contributed by atoms with E-state index in [2.05, 4.69) is 4.98 Å². The lowest BCUT2D eigenvalue weighted by molar-refractivity contribution is -0.304. The van der Waals surface area contributed by atoms with Gasteiger partial charge in [0.25, 0.3) is 0 Å². The minimum atomic E-state index is -1.14. The van der Waals surface area contributed by atoms with E-state index >= 15 is 0 Å². The molecule has 0 aliphatic rings. The summed E-state index contributed by atoms with van der Waals surface area (Å²) in [5.41, 5.74) is 1.25. The Bertz CT molecular complexity index is 594. The van der Waals surface area contributed by atoms with Crippen molar-refractivity contribution in [3.05, 3.63) is 29.3 Å². The first-order valence-corrected chi connectivity index (χ1v) is 6.38. The number of rotatable bonds is 5. The first-order chi connectivity index (χ1) is 9.13. The average molecular weight is 278 g/mol. The number of nitrogens with zero attached hydrogens (tertiary/aromatic N) is 1. The maximum absolute atomic E-state index is 10.5. The van der Waals surface area contributed by atoms with Crippen LogP contribution >= 0.6 is 11.3 Å². The zero-order chi connectivity index (χ0) is 13.8. The van der Waals surface area contributed by atoms with E-state index in [-0.39, 0.29) is 6.42 Å². The number of aliphatic carboxylic acids is 1. The fraction of sp³-hybridized carbons (Fsp3) is 0.231. The SMILES string of the molecule is COc1ccc(OC)c(-c2nc(CC(=O)[O-])cs2)c1. The Kier molecular flexibility index (Phi) is 4.01. The number of carboxylic acid groups (broad SMARTS) is 1.